The highest BCUT2D eigenvalue weighted by Gasteiger charge is 2.70. The van der Waals surface area contributed by atoms with Crippen molar-refractivity contribution in [3.8, 4) is 0 Å². The van der Waals surface area contributed by atoms with Crippen LogP contribution in [-0.4, -0.2) is 35.7 Å². The molecule has 6 heteroatoms. The van der Waals surface area contributed by atoms with Crippen LogP contribution in [0.5, 0.6) is 0 Å². The van der Waals surface area contributed by atoms with Crippen LogP contribution in [0.3, 0.4) is 0 Å². The van der Waals surface area contributed by atoms with Crippen LogP contribution in [-0.2, 0) is 28.6 Å². The van der Waals surface area contributed by atoms with Crippen LogP contribution in [0, 0.1) is 30.6 Å². The molecule has 1 saturated heterocycles. The smallest absolute Gasteiger partial charge is 0.310 e. The average Bonchev–Trinajstić information content (AvgIpc) is 3.00. The Balaban J connectivity index is 1.80. The lowest BCUT2D eigenvalue weighted by atomic mass is 9.78. The molecule has 3 aliphatic rings. The van der Waals surface area contributed by atoms with E-state index in [4.69, 9.17) is 14.2 Å². The van der Waals surface area contributed by atoms with Gasteiger partial charge in [-0.05, 0) is 33.6 Å². The quantitative estimate of drug-likeness (QED) is 0.578. The van der Waals surface area contributed by atoms with Gasteiger partial charge in [-0.2, -0.15) is 0 Å². The SMILES string of the molecule is [CH2]CCC(=O)OC1C2CC3C1OC(=O)C3C2C(=O)OC(C)(C)C. The van der Waals surface area contributed by atoms with Gasteiger partial charge in [0.25, 0.3) is 0 Å². The summed E-state index contributed by atoms with van der Waals surface area (Å²) in [5.74, 6) is -2.42. The molecule has 3 fully saturated rings. The van der Waals surface area contributed by atoms with E-state index in [1.54, 1.807) is 20.8 Å². The minimum absolute atomic E-state index is 0.0532. The summed E-state index contributed by atoms with van der Waals surface area (Å²) in [6.07, 6.45) is 0.370. The fourth-order valence-corrected chi connectivity index (χ4v) is 4.19. The van der Waals surface area contributed by atoms with E-state index < -0.39 is 35.6 Å². The summed E-state index contributed by atoms with van der Waals surface area (Å²) in [4.78, 5) is 36.5. The second-order valence-electron chi connectivity index (χ2n) is 7.61. The highest BCUT2D eigenvalue weighted by Crippen LogP contribution is 2.59. The molecule has 1 heterocycles. The van der Waals surface area contributed by atoms with Crippen molar-refractivity contribution < 1.29 is 28.6 Å². The van der Waals surface area contributed by atoms with Gasteiger partial charge in [0, 0.05) is 18.3 Å². The van der Waals surface area contributed by atoms with Gasteiger partial charge in [-0.1, -0.05) is 6.92 Å². The molecule has 1 aliphatic heterocycles. The lowest BCUT2D eigenvalue weighted by molar-refractivity contribution is -0.171. The number of hydrogen-bond donors (Lipinski definition) is 0. The van der Waals surface area contributed by atoms with Crippen LogP contribution in [0.4, 0.5) is 0 Å². The number of carbonyl (C=O) groups is 3. The number of ether oxygens (including phenoxy) is 3. The molecule has 3 rings (SSSR count). The van der Waals surface area contributed by atoms with Gasteiger partial charge in [0.1, 0.15) is 17.8 Å². The van der Waals surface area contributed by atoms with Crippen molar-refractivity contribution in [2.45, 2.75) is 57.8 Å². The Morgan fingerprint density at radius 1 is 1.30 bits per heavy atom. The molecular weight excluding hydrogens is 300 g/mol. The van der Waals surface area contributed by atoms with Crippen molar-refractivity contribution in [1.29, 1.82) is 0 Å². The van der Waals surface area contributed by atoms with Gasteiger partial charge < -0.3 is 14.2 Å². The zero-order valence-electron chi connectivity index (χ0n) is 13.7. The van der Waals surface area contributed by atoms with Crippen LogP contribution in [0.1, 0.15) is 40.0 Å². The number of carbonyl (C=O) groups excluding carboxylic acids is 3. The third kappa shape index (κ3) is 2.72. The first kappa shape index (κ1) is 16.3. The molecule has 23 heavy (non-hydrogen) atoms. The van der Waals surface area contributed by atoms with Crippen molar-refractivity contribution in [3.63, 3.8) is 0 Å². The molecule has 2 saturated carbocycles. The summed E-state index contributed by atoms with van der Waals surface area (Å²) >= 11 is 0. The van der Waals surface area contributed by atoms with Crippen LogP contribution >= 0.6 is 0 Å². The summed E-state index contributed by atoms with van der Waals surface area (Å²) in [7, 11) is 0. The standard InChI is InChI=1S/C17H23O6/c1-5-6-10(18)21-13-9-7-8-11(15(19)22-14(8)13)12(9)16(20)23-17(2,3)4/h8-9,11-14H,1,5-7H2,2-4H3. The molecule has 6 atom stereocenters. The van der Waals surface area contributed by atoms with Crippen LogP contribution in [0.2, 0.25) is 0 Å². The Hall–Kier alpha value is -1.59. The van der Waals surface area contributed by atoms with E-state index in [1.165, 1.54) is 0 Å². The number of esters is 3. The van der Waals surface area contributed by atoms with Gasteiger partial charge in [-0.15, -0.1) is 0 Å². The normalized spacial score (nSPS) is 37.7. The van der Waals surface area contributed by atoms with Crippen molar-refractivity contribution in [3.05, 3.63) is 6.92 Å². The molecule has 0 aromatic rings. The third-order valence-electron chi connectivity index (χ3n) is 4.87. The Bertz CT molecular complexity index is 534. The number of hydrogen-bond acceptors (Lipinski definition) is 6. The predicted molar refractivity (Wildman–Crippen MR) is 78.8 cm³/mol. The van der Waals surface area contributed by atoms with Crippen molar-refractivity contribution in [2.75, 3.05) is 0 Å². The Morgan fingerprint density at radius 3 is 2.61 bits per heavy atom. The fourth-order valence-electron chi connectivity index (χ4n) is 4.19. The van der Waals surface area contributed by atoms with Gasteiger partial charge in [-0.3, -0.25) is 14.4 Å². The summed E-state index contributed by atoms with van der Waals surface area (Å²) in [6.45, 7) is 9.00. The van der Waals surface area contributed by atoms with E-state index in [2.05, 4.69) is 6.92 Å². The summed E-state index contributed by atoms with van der Waals surface area (Å²) < 4.78 is 16.4. The number of rotatable bonds is 4. The lowest BCUT2D eigenvalue weighted by Gasteiger charge is -2.32. The molecule has 127 valence electrons. The molecule has 1 radical (unpaired) electrons. The van der Waals surface area contributed by atoms with E-state index in [0.29, 0.717) is 12.8 Å². The first-order chi connectivity index (χ1) is 10.7. The molecule has 6 nitrogen and oxygen atoms in total. The van der Waals surface area contributed by atoms with Crippen molar-refractivity contribution in [2.24, 2.45) is 23.7 Å². The van der Waals surface area contributed by atoms with Gasteiger partial charge >= 0.3 is 17.9 Å². The van der Waals surface area contributed by atoms with Crippen LogP contribution in [0.15, 0.2) is 0 Å². The highest BCUT2D eigenvalue weighted by atomic mass is 16.6. The van der Waals surface area contributed by atoms with Crippen molar-refractivity contribution in [1.82, 2.24) is 0 Å². The minimum Gasteiger partial charge on any atom is -0.460 e. The molecule has 6 unspecified atom stereocenters. The van der Waals surface area contributed by atoms with Gasteiger partial charge in [0.05, 0.1) is 11.8 Å². The van der Waals surface area contributed by atoms with Gasteiger partial charge in [-0.25, -0.2) is 0 Å². The van der Waals surface area contributed by atoms with E-state index in [0.717, 1.165) is 0 Å². The van der Waals surface area contributed by atoms with Crippen molar-refractivity contribution >= 4 is 17.9 Å². The molecule has 0 aromatic carbocycles. The third-order valence-corrected chi connectivity index (χ3v) is 4.87. The van der Waals surface area contributed by atoms with E-state index in [-0.39, 0.29) is 30.2 Å². The Labute approximate surface area is 135 Å². The largest absolute Gasteiger partial charge is 0.460 e. The summed E-state index contributed by atoms with van der Waals surface area (Å²) in [6, 6.07) is 0. The Morgan fingerprint density at radius 2 is 2.00 bits per heavy atom. The van der Waals surface area contributed by atoms with E-state index in [9.17, 15) is 14.4 Å². The van der Waals surface area contributed by atoms with Gasteiger partial charge in [0.2, 0.25) is 0 Å². The molecular formula is C17H23O6. The maximum absolute atomic E-state index is 12.6. The lowest BCUT2D eigenvalue weighted by Crippen LogP contribution is -2.45. The predicted octanol–water partition coefficient (Wildman–Crippen LogP) is 1.66. The maximum atomic E-state index is 12.6. The van der Waals surface area contributed by atoms with E-state index in [1.807, 2.05) is 0 Å². The summed E-state index contributed by atoms with van der Waals surface area (Å²) in [5.41, 5.74) is -0.624. The fraction of sp³-hybridized carbons (Fsp3) is 0.765. The first-order valence-corrected chi connectivity index (χ1v) is 8.15. The van der Waals surface area contributed by atoms with E-state index >= 15 is 0 Å². The van der Waals surface area contributed by atoms with Crippen LogP contribution < -0.4 is 0 Å². The molecule has 0 aromatic heterocycles. The zero-order chi connectivity index (χ0) is 16.9. The summed E-state index contributed by atoms with van der Waals surface area (Å²) in [5, 5.41) is 0. The molecule has 2 aliphatic carbocycles. The second kappa shape index (κ2) is 5.49. The van der Waals surface area contributed by atoms with Gasteiger partial charge in [0.15, 0.2) is 0 Å². The molecule has 0 spiro atoms. The zero-order valence-corrected chi connectivity index (χ0v) is 13.7. The average molecular weight is 323 g/mol. The molecule has 2 bridgehead atoms. The monoisotopic (exact) mass is 323 g/mol. The highest BCUT2D eigenvalue weighted by molar-refractivity contribution is 5.86. The Kier molecular flexibility index (Phi) is 3.89. The number of fused-ring (bicyclic) bond motifs is 1. The van der Waals surface area contributed by atoms with Crippen LogP contribution in [0.25, 0.3) is 0 Å². The second-order valence-corrected chi connectivity index (χ2v) is 7.61. The minimum atomic E-state index is -0.624. The molecule has 0 N–H and O–H groups in total. The molecule has 0 amide bonds. The topological polar surface area (TPSA) is 78.9 Å². The maximum Gasteiger partial charge on any atom is 0.310 e. The first-order valence-electron chi connectivity index (χ1n) is 8.15.